The van der Waals surface area contributed by atoms with E-state index in [-0.39, 0.29) is 35.8 Å². The van der Waals surface area contributed by atoms with Crippen molar-refractivity contribution in [3.63, 3.8) is 0 Å². The van der Waals surface area contributed by atoms with Gasteiger partial charge in [0.05, 0.1) is 6.10 Å². The van der Waals surface area contributed by atoms with Gasteiger partial charge in [-0.15, -0.1) is 12.4 Å². The van der Waals surface area contributed by atoms with Crippen LogP contribution < -0.4 is 10.5 Å². The van der Waals surface area contributed by atoms with Crippen molar-refractivity contribution in [2.75, 3.05) is 0 Å². The summed E-state index contributed by atoms with van der Waals surface area (Å²) in [6.45, 7) is 5.73. The summed E-state index contributed by atoms with van der Waals surface area (Å²) >= 11 is 0. The van der Waals surface area contributed by atoms with Crippen LogP contribution in [0.25, 0.3) is 0 Å². The van der Waals surface area contributed by atoms with Crippen molar-refractivity contribution in [3.05, 3.63) is 29.8 Å². The van der Waals surface area contributed by atoms with Crippen molar-refractivity contribution < 1.29 is 27.4 Å². The van der Waals surface area contributed by atoms with Gasteiger partial charge in [0, 0.05) is 6.04 Å². The first kappa shape index (κ1) is 21.9. The molecular formula is C15H22ClF4NO2. The summed E-state index contributed by atoms with van der Waals surface area (Å²) in [5.41, 5.74) is 6.00. The molecule has 0 aromatic heterocycles. The van der Waals surface area contributed by atoms with Crippen LogP contribution in [-0.4, -0.2) is 23.7 Å². The van der Waals surface area contributed by atoms with Gasteiger partial charge in [0.15, 0.2) is 0 Å². The molecule has 0 spiro atoms. The summed E-state index contributed by atoms with van der Waals surface area (Å²) in [7, 11) is 0. The third-order valence-corrected chi connectivity index (χ3v) is 3.34. The molecule has 0 radical (unpaired) electrons. The zero-order valence-electron chi connectivity index (χ0n) is 13.1. The molecule has 23 heavy (non-hydrogen) atoms. The molecule has 2 atom stereocenters. The molecule has 0 aliphatic heterocycles. The van der Waals surface area contributed by atoms with Gasteiger partial charge in [0.2, 0.25) is 0 Å². The Labute approximate surface area is 139 Å². The lowest BCUT2D eigenvalue weighted by molar-refractivity contribution is -0.253. The minimum atomic E-state index is -4.58. The first-order chi connectivity index (χ1) is 9.93. The zero-order valence-corrected chi connectivity index (χ0v) is 13.9. The van der Waals surface area contributed by atoms with Crippen molar-refractivity contribution in [1.29, 1.82) is 0 Å². The highest BCUT2D eigenvalue weighted by atomic mass is 35.5. The van der Waals surface area contributed by atoms with Gasteiger partial charge in [-0.05, 0) is 29.5 Å². The highest BCUT2D eigenvalue weighted by Crippen LogP contribution is 2.31. The van der Waals surface area contributed by atoms with Crippen molar-refractivity contribution >= 4 is 12.4 Å². The van der Waals surface area contributed by atoms with Crippen LogP contribution in [0, 0.1) is 5.41 Å². The molecule has 1 aromatic carbocycles. The Hall–Kier alpha value is -1.05. The Kier molecular flexibility index (Phi) is 7.80. The van der Waals surface area contributed by atoms with E-state index in [1.54, 1.807) is 0 Å². The monoisotopic (exact) mass is 359 g/mol. The van der Waals surface area contributed by atoms with Gasteiger partial charge in [-0.1, -0.05) is 32.9 Å². The number of ether oxygens (including phenoxy) is 1. The molecule has 3 N–H and O–H groups in total. The Bertz CT molecular complexity index is 495. The van der Waals surface area contributed by atoms with Crippen LogP contribution >= 0.6 is 12.4 Å². The van der Waals surface area contributed by atoms with Gasteiger partial charge in [-0.3, -0.25) is 0 Å². The van der Waals surface area contributed by atoms with E-state index in [0.29, 0.717) is 0 Å². The number of rotatable bonds is 6. The van der Waals surface area contributed by atoms with Crippen LogP contribution in [0.5, 0.6) is 5.75 Å². The van der Waals surface area contributed by atoms with Gasteiger partial charge < -0.3 is 15.6 Å². The highest BCUT2D eigenvalue weighted by molar-refractivity contribution is 5.85. The predicted octanol–water partition coefficient (Wildman–Crippen LogP) is 4.14. The van der Waals surface area contributed by atoms with E-state index in [2.05, 4.69) is 4.74 Å². The molecule has 134 valence electrons. The quantitative estimate of drug-likeness (QED) is 0.750. The number of nitrogens with two attached hydrogens (primary N) is 1. The van der Waals surface area contributed by atoms with Gasteiger partial charge in [0.25, 0.3) is 0 Å². The molecule has 0 bridgehead atoms. The molecular weight excluding hydrogens is 338 g/mol. The van der Waals surface area contributed by atoms with Crippen LogP contribution in [0.15, 0.2) is 24.3 Å². The molecule has 3 nitrogen and oxygen atoms in total. The van der Waals surface area contributed by atoms with Crippen LogP contribution in [0.2, 0.25) is 0 Å². The van der Waals surface area contributed by atoms with E-state index in [1.807, 2.05) is 20.8 Å². The average Bonchev–Trinajstić information content (AvgIpc) is 2.37. The lowest BCUT2D eigenvalue weighted by Crippen LogP contribution is -2.36. The van der Waals surface area contributed by atoms with Crippen molar-refractivity contribution in [2.45, 2.75) is 51.9 Å². The van der Waals surface area contributed by atoms with E-state index in [0.717, 1.165) is 12.1 Å². The number of hydrogen-bond donors (Lipinski definition) is 2. The summed E-state index contributed by atoms with van der Waals surface area (Å²) in [5, 5.41) is 10.1. The Morgan fingerprint density at radius 1 is 1.22 bits per heavy atom. The van der Waals surface area contributed by atoms with Crippen molar-refractivity contribution in [3.8, 4) is 5.75 Å². The smallest absolute Gasteiger partial charge is 0.428 e. The van der Waals surface area contributed by atoms with Gasteiger partial charge in [0.1, 0.15) is 5.75 Å². The molecule has 0 heterocycles. The summed E-state index contributed by atoms with van der Waals surface area (Å²) in [6, 6.07) is 4.74. The maximum Gasteiger partial charge on any atom is 0.461 e. The second-order valence-electron chi connectivity index (χ2n) is 6.26. The summed E-state index contributed by atoms with van der Waals surface area (Å²) in [6.07, 6.45) is -9.31. The largest absolute Gasteiger partial charge is 0.461 e. The van der Waals surface area contributed by atoms with Crippen LogP contribution in [0.3, 0.4) is 0 Å². The molecule has 0 saturated carbocycles. The number of hydrogen-bond acceptors (Lipinski definition) is 3. The van der Waals surface area contributed by atoms with E-state index < -0.39 is 24.4 Å². The Morgan fingerprint density at radius 3 is 2.26 bits per heavy atom. The average molecular weight is 360 g/mol. The molecule has 0 saturated heterocycles. The van der Waals surface area contributed by atoms with E-state index in [9.17, 15) is 22.7 Å². The van der Waals surface area contributed by atoms with Crippen LogP contribution in [0.4, 0.5) is 17.6 Å². The highest BCUT2D eigenvalue weighted by Gasteiger charge is 2.44. The van der Waals surface area contributed by atoms with Gasteiger partial charge in [-0.25, -0.2) is 0 Å². The number of alkyl halides is 4. The topological polar surface area (TPSA) is 55.5 Å². The maximum atomic E-state index is 12.9. The number of benzene rings is 1. The minimum Gasteiger partial charge on any atom is -0.428 e. The molecule has 0 unspecified atom stereocenters. The fourth-order valence-corrected chi connectivity index (χ4v) is 1.72. The zero-order chi connectivity index (χ0) is 17.1. The standard InChI is InChI=1S/C15H21F4NO2.ClH/c1-14(2,3)12(20)8-11(21)9-5-4-6-10(7-9)22-15(18,19)13(16)17;/h4-7,11-13,21H,8,20H2,1-3H3;1H/t11-,12+;/m0./s1. The third kappa shape index (κ3) is 6.53. The first-order valence-corrected chi connectivity index (χ1v) is 6.82. The molecule has 0 aliphatic rings. The Morgan fingerprint density at radius 2 is 1.78 bits per heavy atom. The lowest BCUT2D eigenvalue weighted by atomic mass is 9.83. The normalized spacial score (nSPS) is 15.0. The van der Waals surface area contributed by atoms with E-state index >= 15 is 0 Å². The second kappa shape index (κ2) is 8.17. The Balaban J connectivity index is 0.00000484. The first-order valence-electron chi connectivity index (χ1n) is 6.82. The molecule has 0 amide bonds. The van der Waals surface area contributed by atoms with Crippen molar-refractivity contribution in [1.82, 2.24) is 0 Å². The molecule has 0 aliphatic carbocycles. The van der Waals surface area contributed by atoms with E-state index in [4.69, 9.17) is 5.73 Å². The molecule has 8 heteroatoms. The SMILES string of the molecule is CC(C)(C)[C@H](N)C[C@H](O)c1cccc(OC(F)(F)C(F)F)c1.Cl. The van der Waals surface area contributed by atoms with Crippen molar-refractivity contribution in [2.24, 2.45) is 11.1 Å². The number of halogens is 5. The summed E-state index contributed by atoms with van der Waals surface area (Å²) in [5.74, 6) is -0.439. The summed E-state index contributed by atoms with van der Waals surface area (Å²) in [4.78, 5) is 0. The molecule has 1 rings (SSSR count). The minimum absolute atomic E-state index is 0. The second-order valence-corrected chi connectivity index (χ2v) is 6.26. The molecule has 0 fully saturated rings. The number of aliphatic hydroxyl groups is 1. The maximum absolute atomic E-state index is 12.9. The predicted molar refractivity (Wildman–Crippen MR) is 82.3 cm³/mol. The van der Waals surface area contributed by atoms with Crippen LogP contribution in [-0.2, 0) is 0 Å². The van der Waals surface area contributed by atoms with Crippen LogP contribution in [0.1, 0.15) is 38.9 Å². The van der Waals surface area contributed by atoms with Gasteiger partial charge in [-0.2, -0.15) is 17.6 Å². The summed E-state index contributed by atoms with van der Waals surface area (Å²) < 4.78 is 54.0. The van der Waals surface area contributed by atoms with Gasteiger partial charge >= 0.3 is 12.5 Å². The third-order valence-electron chi connectivity index (χ3n) is 3.34. The fraction of sp³-hybridized carbons (Fsp3) is 0.600. The lowest BCUT2D eigenvalue weighted by Gasteiger charge is -2.29. The number of aliphatic hydroxyl groups excluding tert-OH is 1. The van der Waals surface area contributed by atoms with E-state index in [1.165, 1.54) is 12.1 Å². The molecule has 1 aromatic rings. The fourth-order valence-electron chi connectivity index (χ4n) is 1.72.